The average Bonchev–Trinajstić information content (AvgIpc) is 2.58. The first-order valence-corrected chi connectivity index (χ1v) is 7.36. The Balaban J connectivity index is 2.00. The maximum atomic E-state index is 14.5. The Morgan fingerprint density at radius 3 is 2.05 bits per heavy atom. The van der Waals surface area contributed by atoms with Gasteiger partial charge in [-0.05, 0) is 46.1 Å². The molecule has 2 aliphatic heterocycles. The van der Waals surface area contributed by atoms with Gasteiger partial charge in [0.2, 0.25) is 0 Å². The van der Waals surface area contributed by atoms with E-state index in [2.05, 4.69) is 0 Å². The zero-order chi connectivity index (χ0) is 15.8. The maximum absolute atomic E-state index is 14.5. The molecule has 21 heavy (non-hydrogen) atoms. The standard InChI is InChI=1S/C14H23BF3NO2/c1-13(2)14(3,4)21-15(20-13)12(18)10-5-7-19(8-6-10)9-11(16)17/h11H,5-9H2,1-4H3. The van der Waals surface area contributed by atoms with Gasteiger partial charge in [-0.2, -0.15) is 0 Å². The summed E-state index contributed by atoms with van der Waals surface area (Å²) in [5, 5.41) is 0. The van der Waals surface area contributed by atoms with Gasteiger partial charge in [-0.25, -0.2) is 13.2 Å². The summed E-state index contributed by atoms with van der Waals surface area (Å²) in [4.78, 5) is 1.66. The number of hydrogen-bond acceptors (Lipinski definition) is 3. The van der Waals surface area contributed by atoms with Crippen LogP contribution in [0, 0.1) is 0 Å². The van der Waals surface area contributed by atoms with Gasteiger partial charge in [-0.15, -0.1) is 0 Å². The molecular weight excluding hydrogens is 282 g/mol. The van der Waals surface area contributed by atoms with Crippen LogP contribution in [0.1, 0.15) is 40.5 Å². The third-order valence-electron chi connectivity index (χ3n) is 4.65. The molecule has 120 valence electrons. The van der Waals surface area contributed by atoms with Gasteiger partial charge in [0.25, 0.3) is 6.43 Å². The fourth-order valence-electron chi connectivity index (χ4n) is 2.55. The number of alkyl halides is 2. The highest BCUT2D eigenvalue weighted by atomic mass is 19.3. The second-order valence-corrected chi connectivity index (χ2v) is 6.73. The first-order valence-electron chi connectivity index (χ1n) is 7.36. The lowest BCUT2D eigenvalue weighted by molar-refractivity contribution is 0.00578. The first kappa shape index (κ1) is 16.8. The average molecular weight is 305 g/mol. The van der Waals surface area contributed by atoms with Crippen molar-refractivity contribution >= 4 is 7.12 Å². The molecule has 3 nitrogen and oxygen atoms in total. The van der Waals surface area contributed by atoms with Crippen LogP contribution in [0.25, 0.3) is 0 Å². The highest BCUT2D eigenvalue weighted by Gasteiger charge is 2.53. The van der Waals surface area contributed by atoms with E-state index in [9.17, 15) is 13.2 Å². The Kier molecular flexibility index (Phi) is 4.76. The van der Waals surface area contributed by atoms with Crippen molar-refractivity contribution in [1.82, 2.24) is 4.90 Å². The third kappa shape index (κ3) is 3.63. The van der Waals surface area contributed by atoms with E-state index in [0.717, 1.165) is 0 Å². The maximum Gasteiger partial charge on any atom is 0.525 e. The van der Waals surface area contributed by atoms with Crippen molar-refractivity contribution in [2.45, 2.75) is 58.2 Å². The molecule has 0 saturated carbocycles. The summed E-state index contributed by atoms with van der Waals surface area (Å²) in [6, 6.07) is 0. The summed E-state index contributed by atoms with van der Waals surface area (Å²) < 4.78 is 50.5. The minimum Gasteiger partial charge on any atom is -0.398 e. The van der Waals surface area contributed by atoms with Crippen LogP contribution in [0.15, 0.2) is 11.3 Å². The molecule has 0 amide bonds. The lowest BCUT2D eigenvalue weighted by atomic mass is 9.82. The van der Waals surface area contributed by atoms with Gasteiger partial charge in [-0.3, -0.25) is 4.90 Å². The van der Waals surface area contributed by atoms with Crippen LogP contribution < -0.4 is 0 Å². The fourth-order valence-corrected chi connectivity index (χ4v) is 2.55. The lowest BCUT2D eigenvalue weighted by Gasteiger charge is -2.32. The molecule has 0 spiro atoms. The van der Waals surface area contributed by atoms with E-state index in [4.69, 9.17) is 9.31 Å². The molecule has 0 aliphatic carbocycles. The molecule has 0 atom stereocenters. The molecule has 0 unspecified atom stereocenters. The summed E-state index contributed by atoms with van der Waals surface area (Å²) in [7, 11) is -0.980. The van der Waals surface area contributed by atoms with Gasteiger partial charge in [0, 0.05) is 13.1 Å². The molecule has 0 aromatic carbocycles. The molecule has 2 rings (SSSR count). The van der Waals surface area contributed by atoms with E-state index < -0.39 is 24.7 Å². The summed E-state index contributed by atoms with van der Waals surface area (Å²) in [5.41, 5.74) is -0.915. The fraction of sp³-hybridized carbons (Fsp3) is 0.857. The Morgan fingerprint density at radius 1 is 1.14 bits per heavy atom. The van der Waals surface area contributed by atoms with Gasteiger partial charge in [0.05, 0.1) is 17.7 Å². The summed E-state index contributed by atoms with van der Waals surface area (Å²) in [5.74, 6) is 0. The number of hydrogen-bond donors (Lipinski definition) is 0. The van der Waals surface area contributed by atoms with E-state index in [1.807, 2.05) is 27.7 Å². The first-order chi connectivity index (χ1) is 9.62. The number of likely N-dealkylation sites (tertiary alicyclic amines) is 1. The highest BCUT2D eigenvalue weighted by molar-refractivity contribution is 6.53. The predicted octanol–water partition coefficient (Wildman–Crippen LogP) is 3.20. The van der Waals surface area contributed by atoms with Crippen LogP contribution in [0.4, 0.5) is 13.2 Å². The van der Waals surface area contributed by atoms with Crippen LogP contribution in [0.2, 0.25) is 0 Å². The molecule has 0 bridgehead atoms. The molecule has 2 aliphatic rings. The second kappa shape index (κ2) is 5.93. The normalized spacial score (nSPS) is 25.7. The Morgan fingerprint density at radius 2 is 1.62 bits per heavy atom. The van der Waals surface area contributed by atoms with Crippen molar-refractivity contribution in [1.29, 1.82) is 0 Å². The number of rotatable bonds is 3. The Bertz CT molecular complexity index is 400. The molecule has 0 radical (unpaired) electrons. The zero-order valence-electron chi connectivity index (χ0n) is 13.1. The van der Waals surface area contributed by atoms with Crippen molar-refractivity contribution in [3.63, 3.8) is 0 Å². The van der Waals surface area contributed by atoms with E-state index in [-0.39, 0.29) is 12.3 Å². The summed E-state index contributed by atoms with van der Waals surface area (Å²) in [6.45, 7) is 8.14. The molecule has 0 aromatic rings. The number of halogens is 3. The van der Waals surface area contributed by atoms with E-state index >= 15 is 0 Å². The Hall–Kier alpha value is -0.525. The van der Waals surface area contributed by atoms with Crippen LogP contribution in [0.3, 0.4) is 0 Å². The second-order valence-electron chi connectivity index (χ2n) is 6.73. The zero-order valence-corrected chi connectivity index (χ0v) is 13.1. The summed E-state index contributed by atoms with van der Waals surface area (Å²) >= 11 is 0. The SMILES string of the molecule is CC1(C)OB(C(F)=C2CCN(CC(F)F)CC2)OC1(C)C. The highest BCUT2D eigenvalue weighted by Crippen LogP contribution is 2.40. The predicted molar refractivity (Wildman–Crippen MR) is 75.9 cm³/mol. The van der Waals surface area contributed by atoms with E-state index in [1.54, 1.807) is 4.90 Å². The molecule has 0 N–H and O–H groups in total. The monoisotopic (exact) mass is 305 g/mol. The largest absolute Gasteiger partial charge is 0.525 e. The van der Waals surface area contributed by atoms with Crippen molar-refractivity contribution < 1.29 is 22.5 Å². The lowest BCUT2D eigenvalue weighted by Crippen LogP contribution is -2.41. The smallest absolute Gasteiger partial charge is 0.398 e. The van der Waals surface area contributed by atoms with Crippen molar-refractivity contribution in [3.8, 4) is 0 Å². The number of piperidine rings is 1. The number of nitrogens with zero attached hydrogens (tertiary/aromatic N) is 1. The van der Waals surface area contributed by atoms with Crippen molar-refractivity contribution in [2.75, 3.05) is 19.6 Å². The van der Waals surface area contributed by atoms with Crippen molar-refractivity contribution in [2.24, 2.45) is 0 Å². The molecule has 2 heterocycles. The van der Waals surface area contributed by atoms with Gasteiger partial charge >= 0.3 is 7.12 Å². The van der Waals surface area contributed by atoms with Crippen molar-refractivity contribution in [3.05, 3.63) is 11.3 Å². The van der Waals surface area contributed by atoms with Gasteiger partial charge < -0.3 is 9.31 Å². The minimum atomic E-state index is -2.34. The molecule has 7 heteroatoms. The Labute approximate surface area is 124 Å². The van der Waals surface area contributed by atoms with E-state index in [1.165, 1.54) is 0 Å². The molecule has 2 saturated heterocycles. The molecule has 0 aromatic heterocycles. The topological polar surface area (TPSA) is 21.7 Å². The van der Waals surface area contributed by atoms with Crippen LogP contribution in [-0.4, -0.2) is 49.3 Å². The third-order valence-corrected chi connectivity index (χ3v) is 4.65. The van der Waals surface area contributed by atoms with Crippen LogP contribution in [-0.2, 0) is 9.31 Å². The van der Waals surface area contributed by atoms with Crippen LogP contribution in [0.5, 0.6) is 0 Å². The summed E-state index contributed by atoms with van der Waals surface area (Å²) in [6.07, 6.45) is -1.45. The minimum absolute atomic E-state index is 0.245. The van der Waals surface area contributed by atoms with Crippen LogP contribution >= 0.6 is 0 Å². The quantitative estimate of drug-likeness (QED) is 0.747. The molecular formula is C14H23BF3NO2. The molecule has 2 fully saturated rings. The van der Waals surface area contributed by atoms with E-state index in [0.29, 0.717) is 31.5 Å². The van der Waals surface area contributed by atoms with Gasteiger partial charge in [0.1, 0.15) is 5.73 Å². The van der Waals surface area contributed by atoms with Gasteiger partial charge in [0.15, 0.2) is 0 Å². The van der Waals surface area contributed by atoms with Gasteiger partial charge in [-0.1, -0.05) is 0 Å².